The van der Waals surface area contributed by atoms with Gasteiger partial charge in [0.1, 0.15) is 11.9 Å². The first-order valence-electron chi connectivity index (χ1n) is 6.21. The van der Waals surface area contributed by atoms with E-state index in [9.17, 15) is 14.7 Å². The number of carbonyl (C=O) groups excluding carboxylic acids is 1. The van der Waals surface area contributed by atoms with Gasteiger partial charge in [-0.15, -0.1) is 0 Å². The molecule has 0 bridgehead atoms. The number of likely N-dealkylation sites (tertiary alicyclic amines) is 1. The van der Waals surface area contributed by atoms with Gasteiger partial charge in [-0.05, 0) is 13.0 Å². The number of amides is 2. The molecule has 3 N–H and O–H groups in total. The van der Waals surface area contributed by atoms with Crippen molar-refractivity contribution in [2.24, 2.45) is 0 Å². The molecule has 0 radical (unpaired) electrons. The fourth-order valence-electron chi connectivity index (χ4n) is 2.14. The van der Waals surface area contributed by atoms with E-state index in [1.165, 1.54) is 0 Å². The fraction of sp³-hybridized carbons (Fsp3) is 0.500. The summed E-state index contributed by atoms with van der Waals surface area (Å²) in [4.78, 5) is 32.2. The largest absolute Gasteiger partial charge is 0.480 e. The summed E-state index contributed by atoms with van der Waals surface area (Å²) in [6.07, 6.45) is 0.835. The Hall–Kier alpha value is -2.22. The van der Waals surface area contributed by atoms with E-state index in [1.54, 1.807) is 19.2 Å². The number of aliphatic hydroxyl groups excluding tert-OH is 1. The number of β-amino-alcohol motifs (C(OH)–C–C–N with tert-alkyl or cyclic N) is 1. The zero-order valence-corrected chi connectivity index (χ0v) is 11.0. The van der Waals surface area contributed by atoms with Gasteiger partial charge in [-0.25, -0.2) is 19.6 Å². The van der Waals surface area contributed by atoms with E-state index in [0.29, 0.717) is 11.5 Å². The number of urea groups is 1. The molecular formula is C12H16N4O4. The molecule has 2 atom stereocenters. The SMILES string of the molecule is Cc1nccc(CNC(=O)N2C[C@H](O)C[C@@H]2C(=O)O)n1. The number of hydrogen-bond donors (Lipinski definition) is 3. The van der Waals surface area contributed by atoms with Crippen LogP contribution < -0.4 is 5.32 Å². The summed E-state index contributed by atoms with van der Waals surface area (Å²) >= 11 is 0. The van der Waals surface area contributed by atoms with E-state index in [0.717, 1.165) is 4.90 Å². The minimum atomic E-state index is -1.12. The third-order valence-corrected chi connectivity index (χ3v) is 3.08. The molecule has 1 saturated heterocycles. The number of rotatable bonds is 3. The van der Waals surface area contributed by atoms with Crippen LogP contribution in [0.3, 0.4) is 0 Å². The average Bonchev–Trinajstić information content (AvgIpc) is 2.78. The average molecular weight is 280 g/mol. The van der Waals surface area contributed by atoms with Crippen molar-refractivity contribution in [3.05, 3.63) is 23.8 Å². The molecule has 1 aromatic heterocycles. The lowest BCUT2D eigenvalue weighted by atomic mass is 10.2. The molecule has 1 aliphatic heterocycles. The zero-order valence-electron chi connectivity index (χ0n) is 11.0. The molecule has 20 heavy (non-hydrogen) atoms. The quantitative estimate of drug-likeness (QED) is 0.688. The van der Waals surface area contributed by atoms with Crippen molar-refractivity contribution in [2.45, 2.75) is 32.0 Å². The van der Waals surface area contributed by atoms with Crippen molar-refractivity contribution in [3.8, 4) is 0 Å². The molecule has 2 amide bonds. The van der Waals surface area contributed by atoms with Crippen molar-refractivity contribution in [1.82, 2.24) is 20.2 Å². The second kappa shape index (κ2) is 5.83. The molecule has 0 aromatic carbocycles. The molecule has 0 saturated carbocycles. The first-order valence-corrected chi connectivity index (χ1v) is 6.21. The monoisotopic (exact) mass is 280 g/mol. The maximum Gasteiger partial charge on any atom is 0.326 e. The van der Waals surface area contributed by atoms with E-state index in [1.807, 2.05) is 0 Å². The summed E-state index contributed by atoms with van der Waals surface area (Å²) in [7, 11) is 0. The zero-order chi connectivity index (χ0) is 14.7. The van der Waals surface area contributed by atoms with Crippen LogP contribution in [0.2, 0.25) is 0 Å². The number of aliphatic carboxylic acids is 1. The maximum atomic E-state index is 12.0. The van der Waals surface area contributed by atoms with Gasteiger partial charge >= 0.3 is 12.0 Å². The van der Waals surface area contributed by atoms with Gasteiger partial charge in [0.25, 0.3) is 0 Å². The van der Waals surface area contributed by atoms with E-state index < -0.39 is 24.1 Å². The summed E-state index contributed by atoms with van der Waals surface area (Å²) in [5.74, 6) is -0.522. The molecule has 0 unspecified atom stereocenters. The molecule has 1 fully saturated rings. The van der Waals surface area contributed by atoms with Crippen LogP contribution in [-0.4, -0.2) is 55.8 Å². The summed E-state index contributed by atoms with van der Waals surface area (Å²) in [6.45, 7) is 1.94. The highest BCUT2D eigenvalue weighted by Crippen LogP contribution is 2.18. The van der Waals surface area contributed by atoms with Crippen molar-refractivity contribution in [1.29, 1.82) is 0 Å². The lowest BCUT2D eigenvalue weighted by Gasteiger charge is -2.21. The van der Waals surface area contributed by atoms with Crippen LogP contribution in [0, 0.1) is 6.92 Å². The summed E-state index contributed by atoms with van der Waals surface area (Å²) in [5, 5.41) is 21.1. The van der Waals surface area contributed by atoms with Crippen molar-refractivity contribution in [2.75, 3.05) is 6.54 Å². The Morgan fingerprint density at radius 3 is 2.95 bits per heavy atom. The van der Waals surface area contributed by atoms with Crippen LogP contribution in [0.25, 0.3) is 0 Å². The molecule has 108 valence electrons. The van der Waals surface area contributed by atoms with Gasteiger partial charge in [-0.1, -0.05) is 0 Å². The molecule has 8 heteroatoms. The van der Waals surface area contributed by atoms with Crippen molar-refractivity contribution < 1.29 is 19.8 Å². The number of carboxylic acid groups (broad SMARTS) is 1. The maximum absolute atomic E-state index is 12.0. The highest BCUT2D eigenvalue weighted by molar-refractivity contribution is 5.83. The summed E-state index contributed by atoms with van der Waals surface area (Å²) < 4.78 is 0. The second-order valence-electron chi connectivity index (χ2n) is 4.65. The lowest BCUT2D eigenvalue weighted by Crippen LogP contribution is -2.46. The van der Waals surface area contributed by atoms with Crippen LogP contribution in [0.15, 0.2) is 12.3 Å². The predicted octanol–water partition coefficient (Wildman–Crippen LogP) is -0.486. The normalized spacial score (nSPS) is 21.8. The molecule has 2 rings (SSSR count). The highest BCUT2D eigenvalue weighted by Gasteiger charge is 2.38. The van der Waals surface area contributed by atoms with Crippen LogP contribution >= 0.6 is 0 Å². The standard InChI is InChI=1S/C12H16N4O4/c1-7-13-3-2-8(15-7)5-14-12(20)16-6-9(17)4-10(16)11(18)19/h2-3,9-10,17H,4-6H2,1H3,(H,14,20)(H,18,19)/t9-,10-/m1/s1. The van der Waals surface area contributed by atoms with Gasteiger partial charge in [-0.2, -0.15) is 0 Å². The van der Waals surface area contributed by atoms with Gasteiger partial charge < -0.3 is 20.4 Å². The second-order valence-corrected chi connectivity index (χ2v) is 4.65. The highest BCUT2D eigenvalue weighted by atomic mass is 16.4. The van der Waals surface area contributed by atoms with Crippen LogP contribution in [0.1, 0.15) is 17.9 Å². The number of hydrogen-bond acceptors (Lipinski definition) is 5. The van der Waals surface area contributed by atoms with Crippen LogP contribution in [-0.2, 0) is 11.3 Å². The van der Waals surface area contributed by atoms with E-state index in [4.69, 9.17) is 5.11 Å². The summed E-state index contributed by atoms with van der Waals surface area (Å²) in [5.41, 5.74) is 0.637. The molecule has 8 nitrogen and oxygen atoms in total. The van der Waals surface area contributed by atoms with Gasteiger partial charge in [0.15, 0.2) is 0 Å². The van der Waals surface area contributed by atoms with E-state index in [-0.39, 0.29) is 19.5 Å². The molecule has 2 heterocycles. The Morgan fingerprint density at radius 2 is 2.30 bits per heavy atom. The summed E-state index contributed by atoms with van der Waals surface area (Å²) in [6, 6.07) is 0.156. The molecule has 0 aliphatic carbocycles. The molecule has 1 aliphatic rings. The third kappa shape index (κ3) is 3.21. The lowest BCUT2D eigenvalue weighted by molar-refractivity contribution is -0.141. The number of carbonyl (C=O) groups is 2. The van der Waals surface area contributed by atoms with Crippen molar-refractivity contribution in [3.63, 3.8) is 0 Å². The third-order valence-electron chi connectivity index (χ3n) is 3.08. The smallest absolute Gasteiger partial charge is 0.326 e. The number of nitrogens with one attached hydrogen (secondary N) is 1. The van der Waals surface area contributed by atoms with Gasteiger partial charge in [-0.3, -0.25) is 0 Å². The number of aliphatic hydroxyl groups is 1. The van der Waals surface area contributed by atoms with E-state index in [2.05, 4.69) is 15.3 Å². The Bertz CT molecular complexity index is 522. The first kappa shape index (κ1) is 14.2. The van der Waals surface area contributed by atoms with Gasteiger partial charge in [0, 0.05) is 19.2 Å². The minimum Gasteiger partial charge on any atom is -0.480 e. The van der Waals surface area contributed by atoms with Crippen LogP contribution in [0.4, 0.5) is 4.79 Å². The molecule has 1 aromatic rings. The Kier molecular flexibility index (Phi) is 4.14. The fourth-order valence-corrected chi connectivity index (χ4v) is 2.14. The topological polar surface area (TPSA) is 116 Å². The first-order chi connectivity index (χ1) is 9.47. The van der Waals surface area contributed by atoms with Crippen molar-refractivity contribution >= 4 is 12.0 Å². The number of aryl methyl sites for hydroxylation is 1. The van der Waals surface area contributed by atoms with Gasteiger partial charge in [0.2, 0.25) is 0 Å². The Balaban J connectivity index is 1.96. The number of nitrogens with zero attached hydrogens (tertiary/aromatic N) is 3. The Morgan fingerprint density at radius 1 is 1.55 bits per heavy atom. The van der Waals surface area contributed by atoms with Crippen LogP contribution in [0.5, 0.6) is 0 Å². The van der Waals surface area contributed by atoms with E-state index >= 15 is 0 Å². The number of aromatic nitrogens is 2. The Labute approximate surface area is 115 Å². The van der Waals surface area contributed by atoms with Gasteiger partial charge in [0.05, 0.1) is 18.3 Å². The molecular weight excluding hydrogens is 264 g/mol. The molecule has 0 spiro atoms. The number of carboxylic acids is 1. The minimum absolute atomic E-state index is 0.0194. The predicted molar refractivity (Wildman–Crippen MR) is 67.8 cm³/mol.